The maximum atomic E-state index is 13.1. The van der Waals surface area contributed by atoms with Crippen molar-refractivity contribution in [2.24, 2.45) is 0 Å². The maximum absolute atomic E-state index is 13.1. The molecule has 1 aliphatic heterocycles. The highest BCUT2D eigenvalue weighted by Gasteiger charge is 2.40. The number of halogens is 3. The molecule has 2 amide bonds. The Morgan fingerprint density at radius 2 is 1.76 bits per heavy atom. The summed E-state index contributed by atoms with van der Waals surface area (Å²) in [5.74, 6) is -0.568. The lowest BCUT2D eigenvalue weighted by Gasteiger charge is -2.32. The minimum Gasteiger partial charge on any atom is -0.350 e. The second-order valence-corrected chi connectivity index (χ2v) is 7.38. The summed E-state index contributed by atoms with van der Waals surface area (Å²) in [7, 11) is 0. The van der Waals surface area contributed by atoms with Crippen molar-refractivity contribution in [2.45, 2.75) is 50.4 Å². The molecular formula is C22H23F3N2O2. The zero-order valence-electron chi connectivity index (χ0n) is 15.9. The number of carbonyl (C=O) groups is 2. The first-order chi connectivity index (χ1) is 13.8. The Morgan fingerprint density at radius 1 is 1.03 bits per heavy atom. The quantitative estimate of drug-likeness (QED) is 0.792. The molecule has 0 aliphatic carbocycles. The number of hydrogen-bond donors (Lipinski definition) is 2. The monoisotopic (exact) mass is 404 g/mol. The van der Waals surface area contributed by atoms with Crippen LogP contribution in [-0.4, -0.2) is 17.4 Å². The lowest BCUT2D eigenvalue weighted by molar-refractivity contribution is -0.137. The molecule has 0 bridgehead atoms. The van der Waals surface area contributed by atoms with E-state index in [1.807, 2.05) is 30.3 Å². The Morgan fingerprint density at radius 3 is 2.48 bits per heavy atom. The van der Waals surface area contributed by atoms with E-state index >= 15 is 0 Å². The first-order valence-corrected chi connectivity index (χ1v) is 9.58. The summed E-state index contributed by atoms with van der Waals surface area (Å²) in [5.41, 5.74) is -0.616. The molecule has 1 saturated heterocycles. The molecule has 0 aromatic heterocycles. The van der Waals surface area contributed by atoms with E-state index in [-0.39, 0.29) is 18.4 Å². The number of alkyl halides is 3. The van der Waals surface area contributed by atoms with Gasteiger partial charge in [-0.3, -0.25) is 9.59 Å². The molecule has 4 nitrogen and oxygen atoms in total. The van der Waals surface area contributed by atoms with Crippen molar-refractivity contribution in [3.8, 4) is 0 Å². The van der Waals surface area contributed by atoms with Crippen molar-refractivity contribution in [3.63, 3.8) is 0 Å². The Bertz CT molecular complexity index is 868. The van der Waals surface area contributed by atoms with Crippen LogP contribution < -0.4 is 10.6 Å². The second kappa shape index (κ2) is 8.68. The van der Waals surface area contributed by atoms with E-state index in [0.717, 1.165) is 17.7 Å². The van der Waals surface area contributed by atoms with Gasteiger partial charge in [-0.05, 0) is 36.1 Å². The Balaban J connectivity index is 1.79. The van der Waals surface area contributed by atoms with Gasteiger partial charge in [-0.2, -0.15) is 13.2 Å². The minimum atomic E-state index is -4.44. The molecule has 1 unspecified atom stereocenters. The molecule has 29 heavy (non-hydrogen) atoms. The van der Waals surface area contributed by atoms with E-state index in [9.17, 15) is 22.8 Å². The van der Waals surface area contributed by atoms with Crippen LogP contribution in [0.3, 0.4) is 0 Å². The Labute approximate surface area is 167 Å². The first kappa shape index (κ1) is 20.9. The van der Waals surface area contributed by atoms with Crippen LogP contribution in [0.5, 0.6) is 0 Å². The third-order valence-corrected chi connectivity index (χ3v) is 5.13. The highest BCUT2D eigenvalue weighted by atomic mass is 19.4. The van der Waals surface area contributed by atoms with E-state index in [1.165, 1.54) is 12.1 Å². The average molecular weight is 404 g/mol. The molecule has 7 heteroatoms. The molecule has 154 valence electrons. The standard InChI is InChI=1S/C22H23F3N2O2/c23-22(24,25)18-10-6-9-17(13-18)15-26-20(29)21(12-5-4-11-19(28)27-21)14-16-7-2-1-3-8-16/h1-3,6-10,13H,4-5,11-12,14-15H2,(H,26,29)(H,27,28). The maximum Gasteiger partial charge on any atom is 0.416 e. The van der Waals surface area contributed by atoms with Crippen LogP contribution in [-0.2, 0) is 28.7 Å². The molecular weight excluding hydrogens is 381 g/mol. The smallest absolute Gasteiger partial charge is 0.350 e. The summed E-state index contributed by atoms with van der Waals surface area (Å²) in [6, 6.07) is 14.2. The lowest BCUT2D eigenvalue weighted by atomic mass is 9.85. The average Bonchev–Trinajstić information content (AvgIpc) is 2.88. The molecule has 1 atom stereocenters. The minimum absolute atomic E-state index is 0.0465. The van der Waals surface area contributed by atoms with Gasteiger partial charge in [-0.1, -0.05) is 48.9 Å². The molecule has 0 spiro atoms. The van der Waals surface area contributed by atoms with Crippen molar-refractivity contribution in [1.82, 2.24) is 10.6 Å². The van der Waals surface area contributed by atoms with Crippen molar-refractivity contribution < 1.29 is 22.8 Å². The van der Waals surface area contributed by atoms with Gasteiger partial charge < -0.3 is 10.6 Å². The molecule has 2 aromatic rings. The summed E-state index contributed by atoms with van der Waals surface area (Å²) in [5, 5.41) is 5.62. The van der Waals surface area contributed by atoms with E-state index in [4.69, 9.17) is 0 Å². The zero-order valence-corrected chi connectivity index (χ0v) is 15.9. The molecule has 0 radical (unpaired) electrons. The highest BCUT2D eigenvalue weighted by Crippen LogP contribution is 2.30. The Kier molecular flexibility index (Phi) is 6.25. The number of amides is 2. The first-order valence-electron chi connectivity index (χ1n) is 9.58. The molecule has 2 aromatic carbocycles. The second-order valence-electron chi connectivity index (χ2n) is 7.38. The van der Waals surface area contributed by atoms with Crippen LogP contribution in [0.15, 0.2) is 54.6 Å². The number of nitrogens with one attached hydrogen (secondary N) is 2. The number of benzene rings is 2. The van der Waals surface area contributed by atoms with Crippen molar-refractivity contribution in [1.29, 1.82) is 0 Å². The predicted octanol–water partition coefficient (Wildman–Crippen LogP) is 3.99. The van der Waals surface area contributed by atoms with Crippen LogP contribution in [0.2, 0.25) is 0 Å². The van der Waals surface area contributed by atoms with Crippen molar-refractivity contribution in [2.75, 3.05) is 0 Å². The zero-order chi connectivity index (χ0) is 20.9. The highest BCUT2D eigenvalue weighted by molar-refractivity contribution is 5.92. The SMILES string of the molecule is O=C1CCCCC(Cc2ccccc2)(C(=O)NCc2cccc(C(F)(F)F)c2)N1. The van der Waals surface area contributed by atoms with Crippen LogP contribution in [0.25, 0.3) is 0 Å². The van der Waals surface area contributed by atoms with Gasteiger partial charge in [0.05, 0.1) is 5.56 Å². The van der Waals surface area contributed by atoms with Crippen LogP contribution in [0, 0.1) is 0 Å². The number of hydrogen-bond acceptors (Lipinski definition) is 2. The van der Waals surface area contributed by atoms with Crippen molar-refractivity contribution in [3.05, 3.63) is 71.3 Å². The van der Waals surface area contributed by atoms with Gasteiger partial charge in [0, 0.05) is 19.4 Å². The molecule has 1 heterocycles. The van der Waals surface area contributed by atoms with Gasteiger partial charge in [0.15, 0.2) is 0 Å². The summed E-state index contributed by atoms with van der Waals surface area (Å²) in [4.78, 5) is 25.3. The van der Waals surface area contributed by atoms with Gasteiger partial charge in [0.1, 0.15) is 5.54 Å². The van der Waals surface area contributed by atoms with Gasteiger partial charge in [0.25, 0.3) is 0 Å². The van der Waals surface area contributed by atoms with Gasteiger partial charge in [-0.15, -0.1) is 0 Å². The predicted molar refractivity (Wildman–Crippen MR) is 103 cm³/mol. The molecule has 1 fully saturated rings. The number of carbonyl (C=O) groups excluding carboxylic acids is 2. The Hall–Kier alpha value is -2.83. The van der Waals surface area contributed by atoms with E-state index in [2.05, 4.69) is 10.6 Å². The summed E-state index contributed by atoms with van der Waals surface area (Å²) < 4.78 is 38.7. The molecule has 0 saturated carbocycles. The molecule has 2 N–H and O–H groups in total. The third kappa shape index (κ3) is 5.37. The van der Waals surface area contributed by atoms with Gasteiger partial charge in [0.2, 0.25) is 11.8 Å². The normalized spacial score (nSPS) is 19.9. The van der Waals surface area contributed by atoms with Crippen LogP contribution in [0.4, 0.5) is 13.2 Å². The van der Waals surface area contributed by atoms with E-state index in [0.29, 0.717) is 37.7 Å². The van der Waals surface area contributed by atoms with Gasteiger partial charge in [-0.25, -0.2) is 0 Å². The molecule has 1 aliphatic rings. The van der Waals surface area contributed by atoms with Gasteiger partial charge >= 0.3 is 6.18 Å². The topological polar surface area (TPSA) is 58.2 Å². The van der Waals surface area contributed by atoms with Crippen LogP contribution in [0.1, 0.15) is 42.4 Å². The lowest BCUT2D eigenvalue weighted by Crippen LogP contribution is -2.59. The fourth-order valence-corrected chi connectivity index (χ4v) is 3.64. The van der Waals surface area contributed by atoms with E-state index < -0.39 is 17.3 Å². The summed E-state index contributed by atoms with van der Waals surface area (Å²) in [6.07, 6.45) is -1.87. The third-order valence-electron chi connectivity index (χ3n) is 5.13. The molecule has 3 rings (SSSR count). The fourth-order valence-electron chi connectivity index (χ4n) is 3.64. The number of rotatable bonds is 5. The summed E-state index contributed by atoms with van der Waals surface area (Å²) >= 11 is 0. The van der Waals surface area contributed by atoms with Crippen molar-refractivity contribution >= 4 is 11.8 Å². The van der Waals surface area contributed by atoms with E-state index in [1.54, 1.807) is 0 Å². The van der Waals surface area contributed by atoms with Crippen LogP contribution >= 0.6 is 0 Å². The largest absolute Gasteiger partial charge is 0.416 e. The summed E-state index contributed by atoms with van der Waals surface area (Å²) in [6.45, 7) is -0.0465. The fraction of sp³-hybridized carbons (Fsp3) is 0.364.